The molecule has 0 atom stereocenters. The zero-order chi connectivity index (χ0) is 17.5. The van der Waals surface area contributed by atoms with Crippen LogP contribution in [0.2, 0.25) is 0 Å². The normalized spacial score (nSPS) is 18.1. The number of nitrogens with zero attached hydrogens (tertiary/aromatic N) is 2. The standard InChI is InChI=1S/C17H19F3N2O2/c1-21-11-12(13-4-2-3-5-14(13)21)10-15(23)22-8-6-16(24,7-9-22)17(18,19)20/h2-5,11,24H,6-10H2,1H3. The molecule has 1 amide bonds. The second kappa shape index (κ2) is 5.81. The van der Waals surface area contributed by atoms with Crippen molar-refractivity contribution in [3.05, 3.63) is 36.0 Å². The Hall–Kier alpha value is -2.02. The maximum Gasteiger partial charge on any atom is 0.417 e. The van der Waals surface area contributed by atoms with Gasteiger partial charge in [-0.25, -0.2) is 0 Å². The molecule has 0 spiro atoms. The number of amides is 1. The van der Waals surface area contributed by atoms with E-state index in [1.807, 2.05) is 42.1 Å². The van der Waals surface area contributed by atoms with Gasteiger partial charge in [-0.05, 0) is 11.6 Å². The highest BCUT2D eigenvalue weighted by Crippen LogP contribution is 2.38. The molecule has 1 aromatic carbocycles. The van der Waals surface area contributed by atoms with Crippen LogP contribution in [0.5, 0.6) is 0 Å². The number of aryl methyl sites for hydroxylation is 1. The number of halogens is 3. The van der Waals surface area contributed by atoms with Crippen molar-refractivity contribution < 1.29 is 23.1 Å². The first-order valence-electron chi connectivity index (χ1n) is 7.81. The molecule has 1 saturated heterocycles. The van der Waals surface area contributed by atoms with E-state index in [2.05, 4.69) is 0 Å². The molecule has 0 radical (unpaired) electrons. The third-order valence-electron chi connectivity index (χ3n) is 4.79. The van der Waals surface area contributed by atoms with Gasteiger partial charge in [-0.2, -0.15) is 13.2 Å². The summed E-state index contributed by atoms with van der Waals surface area (Å²) >= 11 is 0. The first kappa shape index (κ1) is 16.8. The first-order chi connectivity index (χ1) is 11.2. The van der Waals surface area contributed by atoms with Gasteiger partial charge in [-0.1, -0.05) is 18.2 Å². The quantitative estimate of drug-likeness (QED) is 0.913. The number of hydrogen-bond donors (Lipinski definition) is 1. The Balaban J connectivity index is 1.70. The number of rotatable bonds is 2. The van der Waals surface area contributed by atoms with Crippen LogP contribution in [-0.2, 0) is 18.3 Å². The Morgan fingerprint density at radius 1 is 1.25 bits per heavy atom. The summed E-state index contributed by atoms with van der Waals surface area (Å²) in [6.07, 6.45) is -3.59. The number of hydrogen-bond acceptors (Lipinski definition) is 2. The monoisotopic (exact) mass is 340 g/mol. The lowest BCUT2D eigenvalue weighted by Gasteiger charge is -2.39. The molecule has 24 heavy (non-hydrogen) atoms. The molecular weight excluding hydrogens is 321 g/mol. The Kier molecular flexibility index (Phi) is 4.07. The third kappa shape index (κ3) is 2.88. The fourth-order valence-corrected chi connectivity index (χ4v) is 3.25. The van der Waals surface area contributed by atoms with Gasteiger partial charge in [0.1, 0.15) is 0 Å². The molecule has 3 rings (SSSR count). The minimum Gasteiger partial charge on any atom is -0.380 e. The van der Waals surface area contributed by atoms with Crippen molar-refractivity contribution >= 4 is 16.8 Å². The summed E-state index contributed by atoms with van der Waals surface area (Å²) in [5, 5.41) is 10.6. The van der Waals surface area contributed by atoms with E-state index in [0.717, 1.165) is 16.5 Å². The van der Waals surface area contributed by atoms with Gasteiger partial charge in [-0.3, -0.25) is 4.79 Å². The number of carbonyl (C=O) groups excluding carboxylic acids is 1. The third-order valence-corrected chi connectivity index (χ3v) is 4.79. The van der Waals surface area contributed by atoms with E-state index in [0.29, 0.717) is 0 Å². The molecular formula is C17H19F3N2O2. The van der Waals surface area contributed by atoms with Crippen LogP contribution in [-0.4, -0.2) is 45.3 Å². The summed E-state index contributed by atoms with van der Waals surface area (Å²) in [4.78, 5) is 13.8. The highest BCUT2D eigenvalue weighted by Gasteiger charge is 2.54. The fourth-order valence-electron chi connectivity index (χ4n) is 3.25. The van der Waals surface area contributed by atoms with Crippen LogP contribution in [0, 0.1) is 0 Å². The summed E-state index contributed by atoms with van der Waals surface area (Å²) in [7, 11) is 1.89. The van der Waals surface area contributed by atoms with Crippen LogP contribution in [0.1, 0.15) is 18.4 Å². The van der Waals surface area contributed by atoms with Crippen molar-refractivity contribution in [2.75, 3.05) is 13.1 Å². The summed E-state index contributed by atoms with van der Waals surface area (Å²) < 4.78 is 40.4. The van der Waals surface area contributed by atoms with E-state index >= 15 is 0 Å². The molecule has 7 heteroatoms. The molecule has 1 aliphatic rings. The summed E-state index contributed by atoms with van der Waals surface area (Å²) in [5.41, 5.74) is -0.816. The SMILES string of the molecule is Cn1cc(CC(=O)N2CCC(O)(C(F)(F)F)CC2)c2ccccc21. The maximum atomic E-state index is 12.8. The van der Waals surface area contributed by atoms with Gasteiger partial charge in [0.2, 0.25) is 5.91 Å². The van der Waals surface area contributed by atoms with Crippen LogP contribution in [0.3, 0.4) is 0 Å². The number of likely N-dealkylation sites (tertiary alicyclic amines) is 1. The Bertz CT molecular complexity index is 759. The molecule has 0 aliphatic carbocycles. The number of fused-ring (bicyclic) bond motifs is 1. The Morgan fingerprint density at radius 3 is 2.50 bits per heavy atom. The lowest BCUT2D eigenvalue weighted by atomic mass is 9.90. The molecule has 4 nitrogen and oxygen atoms in total. The van der Waals surface area contributed by atoms with Crippen molar-refractivity contribution in [3.8, 4) is 0 Å². The van der Waals surface area contributed by atoms with Crippen molar-refractivity contribution in [1.82, 2.24) is 9.47 Å². The zero-order valence-electron chi connectivity index (χ0n) is 13.3. The second-order valence-electron chi connectivity index (χ2n) is 6.37. The molecule has 0 unspecified atom stereocenters. The number of alkyl halides is 3. The van der Waals surface area contributed by atoms with Gasteiger partial charge >= 0.3 is 6.18 Å². The van der Waals surface area contributed by atoms with Gasteiger partial charge in [0, 0.05) is 50.1 Å². The molecule has 0 bridgehead atoms. The van der Waals surface area contributed by atoms with Gasteiger partial charge in [0.05, 0.1) is 6.42 Å². The molecule has 130 valence electrons. The fraction of sp³-hybridized carbons (Fsp3) is 0.471. The van der Waals surface area contributed by atoms with Crippen LogP contribution in [0.25, 0.3) is 10.9 Å². The van der Waals surface area contributed by atoms with Crippen LogP contribution in [0.4, 0.5) is 13.2 Å². The highest BCUT2D eigenvalue weighted by molar-refractivity contribution is 5.89. The number of para-hydroxylation sites is 1. The van der Waals surface area contributed by atoms with E-state index in [1.165, 1.54) is 4.90 Å². The lowest BCUT2D eigenvalue weighted by Crippen LogP contribution is -2.54. The average molecular weight is 340 g/mol. The molecule has 1 N–H and O–H groups in total. The van der Waals surface area contributed by atoms with Crippen molar-refractivity contribution in [1.29, 1.82) is 0 Å². The smallest absolute Gasteiger partial charge is 0.380 e. The van der Waals surface area contributed by atoms with E-state index in [9.17, 15) is 23.1 Å². The summed E-state index contributed by atoms with van der Waals surface area (Å²) in [6.45, 7) is -0.167. The highest BCUT2D eigenvalue weighted by atomic mass is 19.4. The Morgan fingerprint density at radius 2 is 1.88 bits per heavy atom. The lowest BCUT2D eigenvalue weighted by molar-refractivity contribution is -0.272. The van der Waals surface area contributed by atoms with Crippen molar-refractivity contribution in [2.24, 2.45) is 7.05 Å². The summed E-state index contributed by atoms with van der Waals surface area (Å²) in [5.74, 6) is -0.212. The number of aliphatic hydroxyl groups is 1. The van der Waals surface area contributed by atoms with E-state index in [-0.39, 0.29) is 25.4 Å². The van der Waals surface area contributed by atoms with E-state index in [4.69, 9.17) is 0 Å². The molecule has 2 aromatic rings. The molecule has 2 heterocycles. The van der Waals surface area contributed by atoms with E-state index < -0.39 is 24.6 Å². The minimum atomic E-state index is -4.65. The topological polar surface area (TPSA) is 45.5 Å². The van der Waals surface area contributed by atoms with Crippen molar-refractivity contribution in [3.63, 3.8) is 0 Å². The Labute approximate surface area is 137 Å². The molecule has 1 fully saturated rings. The van der Waals surface area contributed by atoms with Gasteiger partial charge in [-0.15, -0.1) is 0 Å². The summed E-state index contributed by atoms with van der Waals surface area (Å²) in [6, 6.07) is 7.68. The zero-order valence-corrected chi connectivity index (χ0v) is 13.3. The molecule has 1 aromatic heterocycles. The van der Waals surface area contributed by atoms with Crippen LogP contribution >= 0.6 is 0 Å². The van der Waals surface area contributed by atoms with Crippen LogP contribution < -0.4 is 0 Å². The number of carbonyl (C=O) groups is 1. The maximum absolute atomic E-state index is 12.8. The average Bonchev–Trinajstić information content (AvgIpc) is 2.84. The van der Waals surface area contributed by atoms with Gasteiger partial charge in [0.15, 0.2) is 5.60 Å². The first-order valence-corrected chi connectivity index (χ1v) is 7.81. The van der Waals surface area contributed by atoms with Gasteiger partial charge < -0.3 is 14.6 Å². The largest absolute Gasteiger partial charge is 0.417 e. The second-order valence-corrected chi connectivity index (χ2v) is 6.37. The van der Waals surface area contributed by atoms with Crippen molar-refractivity contribution in [2.45, 2.75) is 31.0 Å². The molecule has 0 saturated carbocycles. The van der Waals surface area contributed by atoms with E-state index in [1.54, 1.807) is 0 Å². The molecule has 1 aliphatic heterocycles. The number of benzene rings is 1. The number of aromatic nitrogens is 1. The predicted molar refractivity (Wildman–Crippen MR) is 83.4 cm³/mol. The van der Waals surface area contributed by atoms with Gasteiger partial charge in [0.25, 0.3) is 0 Å². The predicted octanol–water partition coefficient (Wildman–Crippen LogP) is 2.64. The minimum absolute atomic E-state index is 0.0837. The number of piperidine rings is 1. The van der Waals surface area contributed by atoms with Crippen LogP contribution in [0.15, 0.2) is 30.5 Å².